The van der Waals surface area contributed by atoms with Gasteiger partial charge in [0.25, 0.3) is 11.6 Å². The number of nitrogens with zero attached hydrogens (tertiary/aromatic N) is 3. The van der Waals surface area contributed by atoms with Gasteiger partial charge in [0.05, 0.1) is 21.9 Å². The quantitative estimate of drug-likeness (QED) is 0.357. The molecule has 2 aromatic carbocycles. The minimum atomic E-state index is -4.75. The highest BCUT2D eigenvalue weighted by Gasteiger charge is 2.35. The molecule has 1 amide bonds. The number of benzene rings is 2. The van der Waals surface area contributed by atoms with Gasteiger partial charge >= 0.3 is 6.18 Å². The summed E-state index contributed by atoms with van der Waals surface area (Å²) in [6.45, 7) is 1.33. The molecule has 0 aliphatic rings. The second-order valence-corrected chi connectivity index (χ2v) is 6.54. The van der Waals surface area contributed by atoms with E-state index < -0.39 is 45.7 Å². The lowest BCUT2D eigenvalue weighted by Gasteiger charge is -2.09. The number of nitro benzene ring substituents is 1. The van der Waals surface area contributed by atoms with Crippen molar-refractivity contribution >= 4 is 17.3 Å². The molecule has 162 valence electrons. The number of hydrogen-bond donors (Lipinski definition) is 1. The minimum absolute atomic E-state index is 0.0184. The molecule has 3 aromatic rings. The first-order valence-electron chi connectivity index (χ1n) is 8.56. The zero-order valence-electron chi connectivity index (χ0n) is 15.9. The fraction of sp³-hybridized carbons (Fsp3) is 0.158. The third-order valence-corrected chi connectivity index (χ3v) is 4.43. The summed E-state index contributed by atoms with van der Waals surface area (Å²) >= 11 is 0. The highest BCUT2D eigenvalue weighted by molar-refractivity contribution is 6.05. The molecule has 1 aromatic heterocycles. The van der Waals surface area contributed by atoms with Crippen molar-refractivity contribution in [3.8, 4) is 11.3 Å². The number of nitro groups is 1. The van der Waals surface area contributed by atoms with Gasteiger partial charge in [-0.25, -0.2) is 8.78 Å². The van der Waals surface area contributed by atoms with E-state index in [1.807, 2.05) is 0 Å². The number of aromatic nitrogens is 2. The number of alkyl halides is 3. The van der Waals surface area contributed by atoms with Gasteiger partial charge in [-0.2, -0.15) is 18.3 Å². The van der Waals surface area contributed by atoms with Crippen molar-refractivity contribution in [3.63, 3.8) is 0 Å². The maximum Gasteiger partial charge on any atom is 0.435 e. The van der Waals surface area contributed by atoms with E-state index in [9.17, 15) is 36.9 Å². The second kappa shape index (κ2) is 7.78. The van der Waals surface area contributed by atoms with Crippen LogP contribution in [0.5, 0.6) is 0 Å². The van der Waals surface area contributed by atoms with E-state index in [0.29, 0.717) is 6.07 Å². The molecule has 0 spiro atoms. The molecule has 12 heteroatoms. The van der Waals surface area contributed by atoms with E-state index in [1.54, 1.807) is 0 Å². The van der Waals surface area contributed by atoms with Crippen molar-refractivity contribution in [2.45, 2.75) is 13.1 Å². The third kappa shape index (κ3) is 4.22. The van der Waals surface area contributed by atoms with Crippen LogP contribution in [-0.2, 0) is 13.2 Å². The number of carbonyl (C=O) groups excluding carboxylic acids is 1. The number of aryl methyl sites for hydroxylation is 2. The largest absolute Gasteiger partial charge is 0.435 e. The van der Waals surface area contributed by atoms with Crippen molar-refractivity contribution < 1.29 is 31.7 Å². The van der Waals surface area contributed by atoms with Gasteiger partial charge in [-0.15, -0.1) is 0 Å². The Morgan fingerprint density at radius 2 is 1.81 bits per heavy atom. The van der Waals surface area contributed by atoms with Crippen LogP contribution >= 0.6 is 0 Å². The van der Waals surface area contributed by atoms with Gasteiger partial charge in [0.2, 0.25) is 0 Å². The number of rotatable bonds is 4. The summed E-state index contributed by atoms with van der Waals surface area (Å²) in [4.78, 5) is 23.0. The molecule has 0 aliphatic heterocycles. The van der Waals surface area contributed by atoms with Crippen LogP contribution in [-0.4, -0.2) is 20.6 Å². The zero-order valence-corrected chi connectivity index (χ0v) is 15.9. The van der Waals surface area contributed by atoms with Crippen molar-refractivity contribution in [1.82, 2.24) is 9.78 Å². The summed E-state index contributed by atoms with van der Waals surface area (Å²) < 4.78 is 67.2. The molecule has 3 rings (SSSR count). The normalized spacial score (nSPS) is 11.5. The van der Waals surface area contributed by atoms with E-state index >= 15 is 0 Å². The first-order chi connectivity index (χ1) is 14.4. The van der Waals surface area contributed by atoms with Crippen LogP contribution in [0.15, 0.2) is 36.4 Å². The fourth-order valence-corrected chi connectivity index (χ4v) is 2.84. The number of halogens is 5. The molecular formula is C19H13F5N4O3. The highest BCUT2D eigenvalue weighted by Crippen LogP contribution is 2.35. The Labute approximate surface area is 171 Å². The number of carbonyl (C=O) groups is 1. The van der Waals surface area contributed by atoms with E-state index in [-0.39, 0.29) is 22.4 Å². The van der Waals surface area contributed by atoms with Crippen LogP contribution in [0.25, 0.3) is 11.3 Å². The summed E-state index contributed by atoms with van der Waals surface area (Å²) in [6.07, 6.45) is -4.75. The van der Waals surface area contributed by atoms with Crippen LogP contribution in [0, 0.1) is 28.7 Å². The number of amides is 1. The molecule has 1 N–H and O–H groups in total. The topological polar surface area (TPSA) is 90.1 Å². The Hall–Kier alpha value is -3.83. The highest BCUT2D eigenvalue weighted by atomic mass is 19.4. The fourth-order valence-electron chi connectivity index (χ4n) is 2.84. The Balaban J connectivity index is 2.00. The Bertz CT molecular complexity index is 1200. The SMILES string of the molecule is Cc1ccc(NC(=O)c2ccc(-c3cc(C(F)(F)F)nn3C)c([N+](=O)[O-])c2)c(F)c1F. The Kier molecular flexibility index (Phi) is 5.49. The van der Waals surface area contributed by atoms with Crippen molar-refractivity contribution in [2.75, 3.05) is 5.32 Å². The van der Waals surface area contributed by atoms with E-state index in [2.05, 4.69) is 10.4 Å². The smallest absolute Gasteiger partial charge is 0.319 e. The van der Waals surface area contributed by atoms with Gasteiger partial charge in [-0.3, -0.25) is 19.6 Å². The lowest BCUT2D eigenvalue weighted by molar-refractivity contribution is -0.384. The minimum Gasteiger partial charge on any atom is -0.319 e. The van der Waals surface area contributed by atoms with E-state index in [1.165, 1.54) is 20.0 Å². The molecule has 0 saturated heterocycles. The molecule has 0 saturated carbocycles. The molecule has 1 heterocycles. The maximum atomic E-state index is 14.0. The molecule has 0 fully saturated rings. The standard InChI is InChI=1S/C19H13F5N4O3/c1-9-3-6-12(17(21)16(9)20)25-18(29)10-4-5-11(14(7-10)28(30)31)13-8-15(19(22,23)24)26-27(13)2/h3-8H,1-2H3,(H,25,29). The summed E-state index contributed by atoms with van der Waals surface area (Å²) in [5, 5.41) is 16.9. The number of nitrogens with one attached hydrogen (secondary N) is 1. The zero-order chi connectivity index (χ0) is 23.1. The van der Waals surface area contributed by atoms with Crippen molar-refractivity contribution in [3.05, 3.63) is 75.0 Å². The van der Waals surface area contributed by atoms with Gasteiger partial charge < -0.3 is 5.32 Å². The second-order valence-electron chi connectivity index (χ2n) is 6.54. The van der Waals surface area contributed by atoms with Crippen LogP contribution in [0.3, 0.4) is 0 Å². The predicted molar refractivity (Wildman–Crippen MR) is 99.3 cm³/mol. The number of anilines is 1. The predicted octanol–water partition coefficient (Wildman–Crippen LogP) is 4.85. The number of hydrogen-bond acceptors (Lipinski definition) is 4. The Morgan fingerprint density at radius 1 is 1.13 bits per heavy atom. The van der Waals surface area contributed by atoms with E-state index in [4.69, 9.17) is 0 Å². The van der Waals surface area contributed by atoms with Crippen LogP contribution in [0.1, 0.15) is 21.6 Å². The lowest BCUT2D eigenvalue weighted by atomic mass is 10.0. The molecule has 0 bridgehead atoms. The first-order valence-corrected chi connectivity index (χ1v) is 8.56. The van der Waals surface area contributed by atoms with Gasteiger partial charge in [-0.1, -0.05) is 6.07 Å². The molecule has 0 radical (unpaired) electrons. The third-order valence-electron chi connectivity index (χ3n) is 4.43. The van der Waals surface area contributed by atoms with Crippen LogP contribution < -0.4 is 5.32 Å². The summed E-state index contributed by atoms with van der Waals surface area (Å²) in [5.74, 6) is -3.43. The van der Waals surface area contributed by atoms with Crippen LogP contribution in [0.2, 0.25) is 0 Å². The monoisotopic (exact) mass is 440 g/mol. The summed E-state index contributed by atoms with van der Waals surface area (Å²) in [7, 11) is 1.18. The molecule has 31 heavy (non-hydrogen) atoms. The average molecular weight is 440 g/mol. The van der Waals surface area contributed by atoms with Crippen LogP contribution in [0.4, 0.5) is 33.3 Å². The van der Waals surface area contributed by atoms with Gasteiger partial charge in [0, 0.05) is 18.7 Å². The van der Waals surface area contributed by atoms with Gasteiger partial charge in [0.1, 0.15) is 0 Å². The molecule has 0 unspecified atom stereocenters. The molecule has 0 aliphatic carbocycles. The maximum absolute atomic E-state index is 14.0. The van der Waals surface area contributed by atoms with Gasteiger partial charge in [0.15, 0.2) is 17.3 Å². The lowest BCUT2D eigenvalue weighted by Crippen LogP contribution is -2.14. The van der Waals surface area contributed by atoms with Crippen molar-refractivity contribution in [1.29, 1.82) is 0 Å². The average Bonchev–Trinajstić information content (AvgIpc) is 3.09. The summed E-state index contributed by atoms with van der Waals surface area (Å²) in [5.41, 5.74) is -3.05. The molecule has 7 nitrogen and oxygen atoms in total. The summed E-state index contributed by atoms with van der Waals surface area (Å²) in [6, 6.07) is 6.03. The van der Waals surface area contributed by atoms with Gasteiger partial charge in [-0.05, 0) is 36.8 Å². The first kappa shape index (κ1) is 21.9. The Morgan fingerprint density at radius 3 is 2.39 bits per heavy atom. The van der Waals surface area contributed by atoms with E-state index in [0.717, 1.165) is 28.9 Å². The van der Waals surface area contributed by atoms with Crippen molar-refractivity contribution in [2.24, 2.45) is 7.05 Å². The molecule has 0 atom stereocenters. The molecular weight excluding hydrogens is 427 g/mol.